The second-order valence-corrected chi connectivity index (χ2v) is 5.74. The van der Waals surface area contributed by atoms with Crippen LogP contribution in [-0.4, -0.2) is 22.2 Å². The van der Waals surface area contributed by atoms with E-state index >= 15 is 0 Å². The molecule has 17 heavy (non-hydrogen) atoms. The van der Waals surface area contributed by atoms with Crippen LogP contribution in [0.25, 0.3) is 0 Å². The van der Waals surface area contributed by atoms with Gasteiger partial charge in [0, 0.05) is 0 Å². The molecule has 1 saturated carbocycles. The van der Waals surface area contributed by atoms with Gasteiger partial charge in [0.1, 0.15) is 0 Å². The predicted octanol–water partition coefficient (Wildman–Crippen LogP) is 2.15. The molecule has 3 aliphatic carbocycles. The van der Waals surface area contributed by atoms with Crippen molar-refractivity contribution in [1.29, 1.82) is 0 Å². The van der Waals surface area contributed by atoms with Gasteiger partial charge in [0.05, 0.1) is 12.3 Å². The average Bonchev–Trinajstić information content (AvgIpc) is 2.25. The lowest BCUT2D eigenvalue weighted by Gasteiger charge is -2.57. The third kappa shape index (κ3) is 1.85. The summed E-state index contributed by atoms with van der Waals surface area (Å²) in [4.78, 5) is 22.0. The smallest absolute Gasteiger partial charge is 0.311 e. The van der Waals surface area contributed by atoms with Gasteiger partial charge in [-0.05, 0) is 30.1 Å². The number of hydrogen-bond acceptors (Lipinski definition) is 2. The quantitative estimate of drug-likeness (QED) is 0.736. The van der Waals surface area contributed by atoms with Gasteiger partial charge in [0.2, 0.25) is 0 Å². The molecule has 3 rings (SSSR count). The highest BCUT2D eigenvalue weighted by Crippen LogP contribution is 2.60. The van der Waals surface area contributed by atoms with Crippen LogP contribution in [0, 0.1) is 23.2 Å². The van der Waals surface area contributed by atoms with Crippen molar-refractivity contribution >= 4 is 11.9 Å². The van der Waals surface area contributed by atoms with Crippen molar-refractivity contribution in [3.63, 3.8) is 0 Å². The van der Waals surface area contributed by atoms with Crippen LogP contribution in [0.4, 0.5) is 0 Å². The van der Waals surface area contributed by atoms with Crippen molar-refractivity contribution in [2.45, 2.75) is 33.1 Å². The normalized spacial score (nSPS) is 31.1. The summed E-state index contributed by atoms with van der Waals surface area (Å²) in [5, 5.41) is 18.0. The first-order valence-corrected chi connectivity index (χ1v) is 5.98. The zero-order valence-electron chi connectivity index (χ0n) is 10.1. The fraction of sp³-hybridized carbons (Fsp3) is 0.692. The van der Waals surface area contributed by atoms with Gasteiger partial charge in [-0.2, -0.15) is 0 Å². The topological polar surface area (TPSA) is 74.6 Å². The molecule has 0 spiro atoms. The lowest BCUT2D eigenvalue weighted by molar-refractivity contribution is -0.148. The van der Waals surface area contributed by atoms with Crippen LogP contribution >= 0.6 is 0 Å². The molecule has 0 aromatic carbocycles. The maximum Gasteiger partial charge on any atom is 0.311 e. The Hall–Kier alpha value is -1.32. The van der Waals surface area contributed by atoms with Crippen molar-refractivity contribution in [2.24, 2.45) is 23.2 Å². The highest BCUT2D eigenvalue weighted by atomic mass is 16.4. The van der Waals surface area contributed by atoms with E-state index in [-0.39, 0.29) is 17.8 Å². The molecule has 4 heteroatoms. The van der Waals surface area contributed by atoms with Crippen molar-refractivity contribution < 1.29 is 19.8 Å². The van der Waals surface area contributed by atoms with Gasteiger partial charge < -0.3 is 10.2 Å². The molecule has 0 aromatic rings. The number of fused-ring (bicyclic) bond motifs is 1. The van der Waals surface area contributed by atoms with Crippen LogP contribution in [0.5, 0.6) is 0 Å². The van der Waals surface area contributed by atoms with E-state index in [0.29, 0.717) is 5.92 Å². The molecule has 0 amide bonds. The molecule has 3 atom stereocenters. The summed E-state index contributed by atoms with van der Waals surface area (Å²) in [6.07, 6.45) is 3.56. The van der Waals surface area contributed by atoms with Crippen LogP contribution in [0.2, 0.25) is 0 Å². The Bertz CT molecular complexity index is 394. The van der Waals surface area contributed by atoms with Crippen LogP contribution in [0.15, 0.2) is 11.6 Å². The van der Waals surface area contributed by atoms with Gasteiger partial charge >= 0.3 is 11.9 Å². The molecule has 3 unspecified atom stereocenters. The first-order chi connectivity index (χ1) is 7.84. The summed E-state index contributed by atoms with van der Waals surface area (Å²) >= 11 is 0. The van der Waals surface area contributed by atoms with E-state index < -0.39 is 17.9 Å². The number of rotatable bonds is 4. The van der Waals surface area contributed by atoms with Gasteiger partial charge in [0.15, 0.2) is 0 Å². The fourth-order valence-electron chi connectivity index (χ4n) is 3.31. The molecular formula is C13H18O4. The monoisotopic (exact) mass is 238 g/mol. The van der Waals surface area contributed by atoms with E-state index in [0.717, 1.165) is 18.4 Å². The van der Waals surface area contributed by atoms with Crippen molar-refractivity contribution in [3.05, 3.63) is 11.6 Å². The molecule has 2 bridgehead atoms. The summed E-state index contributed by atoms with van der Waals surface area (Å²) < 4.78 is 0. The minimum absolute atomic E-state index is 0.135. The van der Waals surface area contributed by atoms with E-state index in [1.54, 1.807) is 0 Å². The number of carboxylic acids is 2. The maximum absolute atomic E-state index is 11.2. The summed E-state index contributed by atoms with van der Waals surface area (Å²) in [6.45, 7) is 4.30. The van der Waals surface area contributed by atoms with Crippen LogP contribution in [0.1, 0.15) is 33.1 Å². The van der Waals surface area contributed by atoms with E-state index in [9.17, 15) is 14.7 Å². The summed E-state index contributed by atoms with van der Waals surface area (Å²) in [7, 11) is 0. The van der Waals surface area contributed by atoms with Crippen molar-refractivity contribution in [2.75, 3.05) is 0 Å². The lowest BCUT2D eigenvalue weighted by atomic mass is 9.47. The summed E-state index contributed by atoms with van der Waals surface area (Å²) in [6, 6.07) is 0. The van der Waals surface area contributed by atoms with Gasteiger partial charge in [-0.25, -0.2) is 0 Å². The molecule has 0 aliphatic heterocycles. The Kier molecular flexibility index (Phi) is 2.76. The van der Waals surface area contributed by atoms with Gasteiger partial charge in [-0.15, -0.1) is 0 Å². The first-order valence-electron chi connectivity index (χ1n) is 5.98. The van der Waals surface area contributed by atoms with E-state index in [1.807, 2.05) is 6.08 Å². The number of carbonyl (C=O) groups is 2. The molecule has 3 aliphatic rings. The minimum Gasteiger partial charge on any atom is -0.481 e. The first kappa shape index (κ1) is 12.1. The standard InChI is InChI=1S/C13H18O4/c1-13(2)7-3-4-8(10(13)5-7)9(12(16)17)6-11(14)15/h4,7,9-10H,3,5-6H2,1-2H3,(H,14,15)(H,16,17). The van der Waals surface area contributed by atoms with Crippen LogP contribution in [0.3, 0.4) is 0 Å². The number of carboxylic acid groups (broad SMARTS) is 2. The maximum atomic E-state index is 11.2. The highest BCUT2D eigenvalue weighted by molar-refractivity contribution is 5.80. The van der Waals surface area contributed by atoms with Crippen LogP contribution in [-0.2, 0) is 9.59 Å². The van der Waals surface area contributed by atoms with Gasteiger partial charge in [0.25, 0.3) is 0 Å². The Morgan fingerprint density at radius 1 is 1.47 bits per heavy atom. The Morgan fingerprint density at radius 3 is 2.53 bits per heavy atom. The fourth-order valence-corrected chi connectivity index (χ4v) is 3.31. The number of aliphatic carboxylic acids is 2. The van der Waals surface area contributed by atoms with Gasteiger partial charge in [-0.1, -0.05) is 25.5 Å². The molecule has 4 nitrogen and oxygen atoms in total. The summed E-state index contributed by atoms with van der Waals surface area (Å²) in [5.74, 6) is -2.02. The zero-order valence-corrected chi connectivity index (χ0v) is 10.1. The molecular weight excluding hydrogens is 220 g/mol. The third-order valence-corrected chi connectivity index (χ3v) is 4.59. The summed E-state index contributed by atoms with van der Waals surface area (Å²) in [5.41, 5.74) is 0.975. The second kappa shape index (κ2) is 3.86. The SMILES string of the molecule is CC1(C)C2CC=C(C(CC(=O)O)C(=O)O)C1C2. The van der Waals surface area contributed by atoms with E-state index in [2.05, 4.69) is 13.8 Å². The Labute approximate surface area is 100 Å². The zero-order chi connectivity index (χ0) is 12.8. The number of allylic oxidation sites excluding steroid dienone is 1. The minimum atomic E-state index is -1.04. The van der Waals surface area contributed by atoms with E-state index in [1.165, 1.54) is 0 Å². The molecule has 94 valence electrons. The lowest BCUT2D eigenvalue weighted by Crippen LogP contribution is -2.50. The molecule has 1 fully saturated rings. The predicted molar refractivity (Wildman–Crippen MR) is 61.5 cm³/mol. The number of hydrogen-bond donors (Lipinski definition) is 2. The average molecular weight is 238 g/mol. The Balaban J connectivity index is 2.23. The van der Waals surface area contributed by atoms with Crippen LogP contribution < -0.4 is 0 Å². The van der Waals surface area contributed by atoms with Crippen molar-refractivity contribution in [1.82, 2.24) is 0 Å². The van der Waals surface area contributed by atoms with Crippen molar-refractivity contribution in [3.8, 4) is 0 Å². The van der Waals surface area contributed by atoms with Gasteiger partial charge in [-0.3, -0.25) is 9.59 Å². The Morgan fingerprint density at radius 2 is 2.12 bits per heavy atom. The highest BCUT2D eigenvalue weighted by Gasteiger charge is 2.53. The van der Waals surface area contributed by atoms with E-state index in [4.69, 9.17) is 5.11 Å². The molecule has 2 N–H and O–H groups in total. The second-order valence-electron chi connectivity index (χ2n) is 5.74. The molecule has 0 aromatic heterocycles. The molecule has 0 radical (unpaired) electrons. The largest absolute Gasteiger partial charge is 0.481 e. The third-order valence-electron chi connectivity index (χ3n) is 4.59. The molecule has 0 saturated heterocycles. The molecule has 0 heterocycles.